The summed E-state index contributed by atoms with van der Waals surface area (Å²) in [6.45, 7) is 1.07. The number of amides is 1. The molecule has 0 saturated heterocycles. The monoisotopic (exact) mass is 216 g/mol. The fourth-order valence-corrected chi connectivity index (χ4v) is 1.84. The summed E-state index contributed by atoms with van der Waals surface area (Å²) < 4.78 is 5.00. The van der Waals surface area contributed by atoms with Gasteiger partial charge in [0.25, 0.3) is 0 Å². The van der Waals surface area contributed by atoms with Gasteiger partial charge in [-0.15, -0.1) is 0 Å². The molecule has 1 aliphatic carbocycles. The molecule has 88 valence electrons. The van der Waals surface area contributed by atoms with Gasteiger partial charge in [0.05, 0.1) is 12.7 Å². The van der Waals surface area contributed by atoms with Crippen molar-refractivity contribution in [3.8, 4) is 0 Å². The normalized spacial score (nSPS) is 26.5. The van der Waals surface area contributed by atoms with E-state index in [0.29, 0.717) is 13.2 Å². The van der Waals surface area contributed by atoms with Crippen molar-refractivity contribution in [2.75, 3.05) is 19.8 Å². The number of hydrogen-bond donors (Lipinski definition) is 3. The molecule has 0 aromatic carbocycles. The minimum absolute atomic E-state index is 0.0328. The van der Waals surface area contributed by atoms with E-state index >= 15 is 0 Å². The smallest absolute Gasteiger partial charge is 0.243 e. The third kappa shape index (κ3) is 5.11. The summed E-state index contributed by atoms with van der Waals surface area (Å²) in [5.41, 5.74) is 4.92. The summed E-state index contributed by atoms with van der Waals surface area (Å²) in [6, 6.07) is 0.177. The zero-order chi connectivity index (χ0) is 11.1. The molecule has 0 radical (unpaired) electrons. The van der Waals surface area contributed by atoms with Crippen molar-refractivity contribution in [3.05, 3.63) is 0 Å². The number of hydrogen-bond acceptors (Lipinski definition) is 4. The molecule has 0 aliphatic heterocycles. The first-order chi connectivity index (χ1) is 7.20. The van der Waals surface area contributed by atoms with Gasteiger partial charge in [-0.05, 0) is 12.8 Å². The van der Waals surface area contributed by atoms with Crippen LogP contribution in [0.3, 0.4) is 0 Å². The Bertz CT molecular complexity index is 199. The number of nitrogens with two attached hydrogens (primary N) is 1. The number of ether oxygens (including phenoxy) is 1. The van der Waals surface area contributed by atoms with E-state index in [1.807, 2.05) is 0 Å². The molecule has 1 fully saturated rings. The van der Waals surface area contributed by atoms with Gasteiger partial charge in [0.2, 0.25) is 5.91 Å². The quantitative estimate of drug-likeness (QED) is 0.517. The molecule has 2 atom stereocenters. The van der Waals surface area contributed by atoms with Crippen LogP contribution in [0, 0.1) is 0 Å². The van der Waals surface area contributed by atoms with Crippen molar-refractivity contribution in [2.45, 2.75) is 37.8 Å². The molecular weight excluding hydrogens is 196 g/mol. The Balaban J connectivity index is 2.01. The van der Waals surface area contributed by atoms with Crippen LogP contribution in [0.5, 0.6) is 0 Å². The topological polar surface area (TPSA) is 84.6 Å². The van der Waals surface area contributed by atoms with Crippen LogP contribution in [0.4, 0.5) is 0 Å². The van der Waals surface area contributed by atoms with E-state index in [0.717, 1.165) is 25.7 Å². The highest BCUT2D eigenvalue weighted by Crippen LogP contribution is 2.17. The van der Waals surface area contributed by atoms with Crippen molar-refractivity contribution in [2.24, 2.45) is 5.73 Å². The van der Waals surface area contributed by atoms with Gasteiger partial charge >= 0.3 is 0 Å². The molecule has 4 N–H and O–H groups in total. The number of primary amides is 1. The van der Waals surface area contributed by atoms with Crippen molar-refractivity contribution >= 4 is 5.91 Å². The predicted octanol–water partition coefficient (Wildman–Crippen LogP) is -0.619. The zero-order valence-corrected chi connectivity index (χ0v) is 8.95. The Morgan fingerprint density at radius 1 is 1.47 bits per heavy atom. The van der Waals surface area contributed by atoms with Crippen molar-refractivity contribution in [1.29, 1.82) is 0 Å². The van der Waals surface area contributed by atoms with Gasteiger partial charge < -0.3 is 20.9 Å². The van der Waals surface area contributed by atoms with Gasteiger partial charge in [-0.1, -0.05) is 12.8 Å². The summed E-state index contributed by atoms with van der Waals surface area (Å²) in [5.74, 6) is -0.451. The van der Waals surface area contributed by atoms with Crippen LogP contribution in [0.25, 0.3) is 0 Å². The molecule has 0 unspecified atom stereocenters. The molecule has 0 aromatic heterocycles. The number of aliphatic hydroxyl groups excluding tert-OH is 1. The summed E-state index contributed by atoms with van der Waals surface area (Å²) in [6.07, 6.45) is 3.92. The number of carbonyl (C=O) groups is 1. The largest absolute Gasteiger partial charge is 0.392 e. The van der Waals surface area contributed by atoms with E-state index in [1.54, 1.807) is 0 Å². The Morgan fingerprint density at radius 3 is 2.87 bits per heavy atom. The third-order valence-corrected chi connectivity index (χ3v) is 2.63. The van der Waals surface area contributed by atoms with Gasteiger partial charge in [0, 0.05) is 12.6 Å². The van der Waals surface area contributed by atoms with E-state index in [4.69, 9.17) is 10.5 Å². The van der Waals surface area contributed by atoms with Gasteiger partial charge in [-0.2, -0.15) is 0 Å². The molecule has 5 nitrogen and oxygen atoms in total. The number of nitrogens with one attached hydrogen (secondary N) is 1. The molecule has 1 rings (SSSR count). The summed E-state index contributed by atoms with van der Waals surface area (Å²) in [4.78, 5) is 10.4. The molecular formula is C10H20N2O3. The van der Waals surface area contributed by atoms with E-state index in [1.165, 1.54) is 0 Å². The van der Waals surface area contributed by atoms with Crippen LogP contribution in [-0.2, 0) is 9.53 Å². The lowest BCUT2D eigenvalue weighted by Gasteiger charge is -2.28. The van der Waals surface area contributed by atoms with E-state index in [9.17, 15) is 9.90 Å². The minimum atomic E-state index is -0.451. The predicted molar refractivity (Wildman–Crippen MR) is 56.3 cm³/mol. The Hall–Kier alpha value is -0.650. The summed E-state index contributed by atoms with van der Waals surface area (Å²) >= 11 is 0. The maximum Gasteiger partial charge on any atom is 0.243 e. The van der Waals surface area contributed by atoms with Crippen LogP contribution < -0.4 is 11.1 Å². The Labute approximate surface area is 90.0 Å². The summed E-state index contributed by atoms with van der Waals surface area (Å²) in [7, 11) is 0. The lowest BCUT2D eigenvalue weighted by atomic mass is 9.93. The van der Waals surface area contributed by atoms with Crippen molar-refractivity contribution in [3.63, 3.8) is 0 Å². The first-order valence-corrected chi connectivity index (χ1v) is 5.47. The minimum Gasteiger partial charge on any atom is -0.392 e. The fraction of sp³-hybridized carbons (Fsp3) is 0.900. The standard InChI is InChI=1S/C10H20N2O3/c11-10(14)7-15-6-5-12-8-3-1-2-4-9(8)13/h8-9,12-13H,1-7H2,(H2,11,14)/t8-,9-/m0/s1. The van der Waals surface area contributed by atoms with Gasteiger partial charge in [-0.3, -0.25) is 4.79 Å². The molecule has 0 spiro atoms. The molecule has 0 aromatic rings. The second kappa shape index (κ2) is 6.76. The zero-order valence-electron chi connectivity index (χ0n) is 8.95. The molecule has 5 heteroatoms. The maximum absolute atomic E-state index is 10.4. The maximum atomic E-state index is 10.4. The molecule has 1 saturated carbocycles. The highest BCUT2D eigenvalue weighted by atomic mass is 16.5. The van der Waals surface area contributed by atoms with Crippen LogP contribution >= 0.6 is 0 Å². The molecule has 0 bridgehead atoms. The lowest BCUT2D eigenvalue weighted by molar-refractivity contribution is -0.122. The van der Waals surface area contributed by atoms with Crippen LogP contribution in [0.15, 0.2) is 0 Å². The average molecular weight is 216 g/mol. The average Bonchev–Trinajstić information content (AvgIpc) is 2.20. The second-order valence-electron chi connectivity index (χ2n) is 3.93. The summed E-state index contributed by atoms with van der Waals surface area (Å²) in [5, 5.41) is 12.9. The van der Waals surface area contributed by atoms with Crippen molar-refractivity contribution in [1.82, 2.24) is 5.32 Å². The van der Waals surface area contributed by atoms with Gasteiger partial charge in [0.1, 0.15) is 6.61 Å². The Kier molecular flexibility index (Phi) is 5.60. The third-order valence-electron chi connectivity index (χ3n) is 2.63. The number of rotatable bonds is 6. The van der Waals surface area contributed by atoms with Crippen LogP contribution in [-0.4, -0.2) is 42.9 Å². The van der Waals surface area contributed by atoms with Crippen LogP contribution in [0.2, 0.25) is 0 Å². The molecule has 15 heavy (non-hydrogen) atoms. The van der Waals surface area contributed by atoms with Crippen molar-refractivity contribution < 1.29 is 14.6 Å². The van der Waals surface area contributed by atoms with E-state index in [2.05, 4.69) is 5.32 Å². The first-order valence-electron chi connectivity index (χ1n) is 5.47. The highest BCUT2D eigenvalue weighted by Gasteiger charge is 2.21. The number of aliphatic hydroxyl groups is 1. The second-order valence-corrected chi connectivity index (χ2v) is 3.93. The highest BCUT2D eigenvalue weighted by molar-refractivity contribution is 5.74. The number of carbonyl (C=O) groups excluding carboxylic acids is 1. The van der Waals surface area contributed by atoms with Gasteiger partial charge in [-0.25, -0.2) is 0 Å². The van der Waals surface area contributed by atoms with E-state index in [-0.39, 0.29) is 18.8 Å². The molecule has 1 amide bonds. The van der Waals surface area contributed by atoms with Gasteiger partial charge in [0.15, 0.2) is 0 Å². The first kappa shape index (κ1) is 12.4. The van der Waals surface area contributed by atoms with E-state index < -0.39 is 5.91 Å². The molecule has 1 aliphatic rings. The lowest BCUT2D eigenvalue weighted by Crippen LogP contribution is -2.43. The molecule has 0 heterocycles. The SMILES string of the molecule is NC(=O)COCCN[C@H]1CCCC[C@@H]1O. The Morgan fingerprint density at radius 2 is 2.20 bits per heavy atom. The van der Waals surface area contributed by atoms with Crippen LogP contribution in [0.1, 0.15) is 25.7 Å². The fourth-order valence-electron chi connectivity index (χ4n) is 1.84.